The van der Waals surface area contributed by atoms with E-state index in [1.54, 1.807) is 23.6 Å². The standard InChI is InChI=1S/C19H18N2O3S3/c1-2-3-10-24-14-8-6-13(7-9-14)12-16-18(23)21(19(25)27-16)20-17(22)15-5-4-11-26-15/h4-9,11-12H,2-3,10H2,1H3,(H,20,22)/b16-12-. The maximum atomic E-state index is 12.6. The Labute approximate surface area is 171 Å². The molecule has 27 heavy (non-hydrogen) atoms. The van der Waals surface area contributed by atoms with Crippen LogP contribution in [0.4, 0.5) is 0 Å². The van der Waals surface area contributed by atoms with Gasteiger partial charge in [0.05, 0.1) is 16.4 Å². The van der Waals surface area contributed by atoms with Gasteiger partial charge in [0.2, 0.25) is 0 Å². The van der Waals surface area contributed by atoms with Gasteiger partial charge in [-0.1, -0.05) is 43.3 Å². The zero-order valence-corrected chi connectivity index (χ0v) is 17.1. The summed E-state index contributed by atoms with van der Waals surface area (Å²) in [5, 5.41) is 2.92. The van der Waals surface area contributed by atoms with Crippen molar-refractivity contribution in [2.24, 2.45) is 0 Å². The highest BCUT2D eigenvalue weighted by molar-refractivity contribution is 8.26. The Balaban J connectivity index is 1.66. The van der Waals surface area contributed by atoms with Crippen LogP contribution in [0.25, 0.3) is 6.08 Å². The van der Waals surface area contributed by atoms with Crippen LogP contribution in [0, 0.1) is 0 Å². The van der Waals surface area contributed by atoms with Crippen LogP contribution in [0.5, 0.6) is 5.75 Å². The van der Waals surface area contributed by atoms with Gasteiger partial charge in [-0.25, -0.2) is 0 Å². The third kappa shape index (κ3) is 4.97. The zero-order chi connectivity index (χ0) is 19.2. The van der Waals surface area contributed by atoms with Crippen LogP contribution in [-0.4, -0.2) is 27.8 Å². The molecule has 0 aliphatic carbocycles. The van der Waals surface area contributed by atoms with Crippen molar-refractivity contribution in [2.45, 2.75) is 19.8 Å². The third-order valence-corrected chi connectivity index (χ3v) is 5.87. The second-order valence-electron chi connectivity index (χ2n) is 5.71. The van der Waals surface area contributed by atoms with Crippen molar-refractivity contribution in [3.63, 3.8) is 0 Å². The number of thioether (sulfide) groups is 1. The van der Waals surface area contributed by atoms with E-state index in [-0.39, 0.29) is 11.8 Å². The highest BCUT2D eigenvalue weighted by atomic mass is 32.2. The molecule has 0 radical (unpaired) electrons. The van der Waals surface area contributed by atoms with Crippen LogP contribution in [0.1, 0.15) is 35.0 Å². The summed E-state index contributed by atoms with van der Waals surface area (Å²) in [6.45, 7) is 2.81. The number of hydrogen-bond donors (Lipinski definition) is 1. The summed E-state index contributed by atoms with van der Waals surface area (Å²) in [7, 11) is 0. The van der Waals surface area contributed by atoms with Gasteiger partial charge in [-0.15, -0.1) is 11.3 Å². The van der Waals surface area contributed by atoms with E-state index in [1.165, 1.54) is 11.3 Å². The highest BCUT2D eigenvalue weighted by Crippen LogP contribution is 2.31. The SMILES string of the molecule is CCCCOc1ccc(/C=C2\SC(=S)N(NC(=O)c3cccs3)C2=O)cc1. The topological polar surface area (TPSA) is 58.6 Å². The zero-order valence-electron chi connectivity index (χ0n) is 14.6. The number of benzene rings is 1. The van der Waals surface area contributed by atoms with Crippen LogP contribution in [0.3, 0.4) is 0 Å². The summed E-state index contributed by atoms with van der Waals surface area (Å²) in [6.07, 6.45) is 3.86. The minimum Gasteiger partial charge on any atom is -0.494 e. The molecule has 140 valence electrons. The van der Waals surface area contributed by atoms with Gasteiger partial charge in [-0.3, -0.25) is 15.0 Å². The van der Waals surface area contributed by atoms with Crippen LogP contribution in [0.2, 0.25) is 0 Å². The highest BCUT2D eigenvalue weighted by Gasteiger charge is 2.33. The molecule has 2 amide bonds. The normalized spacial score (nSPS) is 15.4. The van der Waals surface area contributed by atoms with Gasteiger partial charge in [-0.05, 0) is 53.9 Å². The Kier molecular flexibility index (Phi) is 6.65. The number of amides is 2. The molecule has 1 fully saturated rings. The molecule has 2 aromatic rings. The summed E-state index contributed by atoms with van der Waals surface area (Å²) >= 11 is 7.70. The quantitative estimate of drug-likeness (QED) is 0.408. The number of carbonyl (C=O) groups is 2. The van der Waals surface area contributed by atoms with Gasteiger partial charge < -0.3 is 4.74 Å². The van der Waals surface area contributed by atoms with Crippen LogP contribution >= 0.6 is 35.3 Å². The van der Waals surface area contributed by atoms with E-state index in [0.717, 1.165) is 40.9 Å². The van der Waals surface area contributed by atoms with Crippen LogP contribution in [0.15, 0.2) is 46.7 Å². The van der Waals surface area contributed by atoms with Gasteiger partial charge in [-0.2, -0.15) is 5.01 Å². The molecule has 1 aliphatic rings. The first-order valence-electron chi connectivity index (χ1n) is 8.44. The Hall–Kier alpha value is -2.16. The van der Waals surface area contributed by atoms with E-state index < -0.39 is 0 Å². The van der Waals surface area contributed by atoms with Crippen molar-refractivity contribution in [3.05, 3.63) is 57.1 Å². The lowest BCUT2D eigenvalue weighted by Gasteiger charge is -2.14. The van der Waals surface area contributed by atoms with E-state index in [2.05, 4.69) is 12.3 Å². The lowest BCUT2D eigenvalue weighted by atomic mass is 10.2. The molecule has 1 N–H and O–H groups in total. The fourth-order valence-electron chi connectivity index (χ4n) is 2.27. The molecule has 5 nitrogen and oxygen atoms in total. The summed E-state index contributed by atoms with van der Waals surface area (Å²) < 4.78 is 5.94. The smallest absolute Gasteiger partial charge is 0.285 e. The monoisotopic (exact) mass is 418 g/mol. The molecule has 3 rings (SSSR count). The average Bonchev–Trinajstić information content (AvgIpc) is 3.28. The van der Waals surface area contributed by atoms with Gasteiger partial charge in [0.15, 0.2) is 4.32 Å². The number of nitrogens with one attached hydrogen (secondary N) is 1. The van der Waals surface area contributed by atoms with E-state index >= 15 is 0 Å². The van der Waals surface area contributed by atoms with Gasteiger partial charge in [0, 0.05) is 0 Å². The number of nitrogens with zero attached hydrogens (tertiary/aromatic N) is 1. The fourth-order valence-corrected chi connectivity index (χ4v) is 4.07. The largest absolute Gasteiger partial charge is 0.494 e. The lowest BCUT2D eigenvalue weighted by Crippen LogP contribution is -2.44. The number of unbranched alkanes of at least 4 members (excludes halogenated alkanes) is 1. The lowest BCUT2D eigenvalue weighted by molar-refractivity contribution is -0.123. The number of carbonyl (C=O) groups excluding carboxylic acids is 2. The van der Waals surface area contributed by atoms with E-state index in [9.17, 15) is 9.59 Å². The molecule has 0 spiro atoms. The third-order valence-electron chi connectivity index (χ3n) is 3.70. The maximum Gasteiger partial charge on any atom is 0.285 e. The Morgan fingerprint density at radius 3 is 2.74 bits per heavy atom. The van der Waals surface area contributed by atoms with Crippen molar-refractivity contribution in [3.8, 4) is 5.75 Å². The van der Waals surface area contributed by atoms with E-state index in [4.69, 9.17) is 17.0 Å². The number of thiocarbonyl (C=S) groups is 1. The van der Waals surface area contributed by atoms with Crippen molar-refractivity contribution in [1.82, 2.24) is 10.4 Å². The van der Waals surface area contributed by atoms with Gasteiger partial charge >= 0.3 is 0 Å². The predicted molar refractivity (Wildman–Crippen MR) is 114 cm³/mol. The number of ether oxygens (including phenoxy) is 1. The molecule has 1 aliphatic heterocycles. The van der Waals surface area contributed by atoms with Crippen LogP contribution in [-0.2, 0) is 4.79 Å². The minimum atomic E-state index is -0.351. The molecular formula is C19H18N2O3S3. The first kappa shape index (κ1) is 19.6. The van der Waals surface area contributed by atoms with Crippen molar-refractivity contribution >= 4 is 57.5 Å². The molecular weight excluding hydrogens is 400 g/mol. The summed E-state index contributed by atoms with van der Waals surface area (Å²) in [6, 6.07) is 11.0. The molecule has 2 heterocycles. The fraction of sp³-hybridized carbons (Fsp3) is 0.211. The molecule has 0 unspecified atom stereocenters. The molecule has 0 bridgehead atoms. The van der Waals surface area contributed by atoms with Crippen molar-refractivity contribution in [2.75, 3.05) is 6.61 Å². The number of rotatable bonds is 7. The Morgan fingerprint density at radius 1 is 1.30 bits per heavy atom. The second-order valence-corrected chi connectivity index (χ2v) is 8.33. The molecule has 1 aromatic carbocycles. The maximum absolute atomic E-state index is 12.6. The van der Waals surface area contributed by atoms with Gasteiger partial charge in [0.1, 0.15) is 5.75 Å². The summed E-state index contributed by atoms with van der Waals surface area (Å²) in [5.74, 6) is 0.116. The first-order chi connectivity index (χ1) is 13.1. The summed E-state index contributed by atoms with van der Waals surface area (Å²) in [5.41, 5.74) is 3.43. The predicted octanol–water partition coefficient (Wildman–Crippen LogP) is 4.47. The van der Waals surface area contributed by atoms with E-state index in [0.29, 0.717) is 20.7 Å². The molecule has 0 saturated carbocycles. The summed E-state index contributed by atoms with van der Waals surface area (Å²) in [4.78, 5) is 25.7. The second kappa shape index (κ2) is 9.16. The number of thiophene rings is 1. The van der Waals surface area contributed by atoms with Gasteiger partial charge in [0.25, 0.3) is 11.8 Å². The number of hydrazine groups is 1. The van der Waals surface area contributed by atoms with E-state index in [1.807, 2.05) is 24.3 Å². The molecule has 1 aromatic heterocycles. The first-order valence-corrected chi connectivity index (χ1v) is 10.5. The molecule has 0 atom stereocenters. The Bertz CT molecular complexity index is 861. The Morgan fingerprint density at radius 2 is 2.07 bits per heavy atom. The van der Waals surface area contributed by atoms with Crippen LogP contribution < -0.4 is 10.2 Å². The molecule has 8 heteroatoms. The minimum absolute atomic E-state index is 0.302. The molecule has 1 saturated heterocycles. The van der Waals surface area contributed by atoms with Crippen molar-refractivity contribution in [1.29, 1.82) is 0 Å². The average molecular weight is 419 g/mol. The number of hydrogen-bond acceptors (Lipinski definition) is 6. The van der Waals surface area contributed by atoms with Crippen molar-refractivity contribution < 1.29 is 14.3 Å².